The fraction of sp³-hybridized carbons (Fsp3) is 0.548. The van der Waals surface area contributed by atoms with E-state index in [2.05, 4.69) is 21.3 Å². The quantitative estimate of drug-likeness (QED) is 0.110. The molecular formula is C42H58N6O9S. The summed E-state index contributed by atoms with van der Waals surface area (Å²) in [4.78, 5) is 95.6. The third kappa shape index (κ3) is 13.6. The van der Waals surface area contributed by atoms with Crippen LogP contribution < -0.4 is 26.4 Å². The molecule has 5 atom stereocenters. The van der Waals surface area contributed by atoms with Crippen molar-refractivity contribution in [1.82, 2.24) is 26.2 Å². The molecule has 1 heterocycles. The molecule has 2 aromatic carbocycles. The first-order chi connectivity index (χ1) is 27.6. The predicted octanol–water partition coefficient (Wildman–Crippen LogP) is 2.83. The number of carbonyl (C=O) groups excluding carboxylic acids is 7. The topological polar surface area (TPSA) is 223 Å². The monoisotopic (exact) mass is 822 g/mol. The second-order valence-corrected chi connectivity index (χ2v) is 17.0. The van der Waals surface area contributed by atoms with Gasteiger partial charge in [0, 0.05) is 13.0 Å². The van der Waals surface area contributed by atoms with Crippen molar-refractivity contribution in [2.45, 2.75) is 133 Å². The van der Waals surface area contributed by atoms with Crippen molar-refractivity contribution in [2.75, 3.05) is 13.1 Å². The molecule has 2 aliphatic rings. The number of esters is 1. The molecule has 0 bridgehead atoms. The molecular weight excluding hydrogens is 765 g/mol. The molecule has 1 saturated carbocycles. The number of likely N-dealkylation sites (tertiary alicyclic amines) is 1. The zero-order valence-electron chi connectivity index (χ0n) is 33.9. The van der Waals surface area contributed by atoms with Gasteiger partial charge in [0.05, 0.1) is 17.5 Å². The van der Waals surface area contributed by atoms with Crippen LogP contribution in [0.25, 0.3) is 0 Å². The number of hydrogen-bond acceptors (Lipinski definition) is 9. The third-order valence-corrected chi connectivity index (χ3v) is 11.0. The smallest absolute Gasteiger partial charge is 0.333 e. The van der Waals surface area contributed by atoms with E-state index >= 15 is 0 Å². The van der Waals surface area contributed by atoms with Gasteiger partial charge in [0.1, 0.15) is 28.7 Å². The van der Waals surface area contributed by atoms with E-state index < -0.39 is 76.8 Å². The molecule has 5 amide bonds. The first kappa shape index (κ1) is 45.7. The molecule has 1 aliphatic heterocycles. The van der Waals surface area contributed by atoms with Gasteiger partial charge < -0.3 is 30.9 Å². The Morgan fingerprint density at radius 1 is 0.862 bits per heavy atom. The van der Waals surface area contributed by atoms with E-state index in [0.717, 1.165) is 37.7 Å². The van der Waals surface area contributed by atoms with E-state index in [1.54, 1.807) is 82.3 Å². The van der Waals surface area contributed by atoms with Crippen molar-refractivity contribution < 1.29 is 42.5 Å². The highest BCUT2D eigenvalue weighted by Crippen LogP contribution is 2.30. The second kappa shape index (κ2) is 21.7. The zero-order valence-corrected chi connectivity index (χ0v) is 34.7. The summed E-state index contributed by atoms with van der Waals surface area (Å²) in [6.07, 6.45) is 6.36. The Hall–Kier alpha value is -4.96. The van der Waals surface area contributed by atoms with E-state index in [0.29, 0.717) is 42.7 Å². The van der Waals surface area contributed by atoms with Gasteiger partial charge in [-0.15, -0.1) is 0 Å². The largest absolute Gasteiger partial charge is 0.458 e. The van der Waals surface area contributed by atoms with Gasteiger partial charge >= 0.3 is 5.97 Å². The van der Waals surface area contributed by atoms with Crippen LogP contribution in [0.1, 0.15) is 109 Å². The van der Waals surface area contributed by atoms with E-state index in [4.69, 9.17) is 9.88 Å². The van der Waals surface area contributed by atoms with Crippen LogP contribution in [0.3, 0.4) is 0 Å². The number of ketones is 1. The number of amides is 5. The molecule has 4 unspecified atom stereocenters. The van der Waals surface area contributed by atoms with Crippen LogP contribution >= 0.6 is 0 Å². The summed E-state index contributed by atoms with van der Waals surface area (Å²) >= 11 is 0. The lowest BCUT2D eigenvalue weighted by Gasteiger charge is -2.35. The van der Waals surface area contributed by atoms with Crippen LogP contribution in [0.2, 0.25) is 0 Å². The lowest BCUT2D eigenvalue weighted by molar-refractivity contribution is -0.158. The number of rotatable bonds is 18. The Bertz CT molecular complexity index is 1790. The predicted molar refractivity (Wildman–Crippen MR) is 217 cm³/mol. The van der Waals surface area contributed by atoms with Crippen molar-refractivity contribution in [3.63, 3.8) is 0 Å². The number of hydrogen-bond donors (Lipinski definition) is 5. The molecule has 6 N–H and O–H groups in total. The number of aryl methyl sites for hydroxylation is 1. The molecule has 1 saturated heterocycles. The highest BCUT2D eigenvalue weighted by molar-refractivity contribution is 7.82. The second-order valence-electron chi connectivity index (χ2n) is 15.9. The summed E-state index contributed by atoms with van der Waals surface area (Å²) in [7, 11) is -1.61. The number of nitrogens with two attached hydrogens (primary N) is 1. The van der Waals surface area contributed by atoms with Crippen LogP contribution in [-0.2, 0) is 55.7 Å². The lowest BCUT2D eigenvalue weighted by Crippen LogP contribution is -2.58. The van der Waals surface area contributed by atoms with E-state index in [-0.39, 0.29) is 30.6 Å². The summed E-state index contributed by atoms with van der Waals surface area (Å²) < 4.78 is 17.0. The van der Waals surface area contributed by atoms with Gasteiger partial charge in [-0.05, 0) is 88.5 Å². The van der Waals surface area contributed by atoms with Crippen molar-refractivity contribution in [3.8, 4) is 0 Å². The van der Waals surface area contributed by atoms with Crippen LogP contribution in [0, 0.1) is 5.92 Å². The SMILES string of the molecule is CCCC(NC(=O)C1CCCN1C(=O)C(NC(=O)CCc1ccc(S(N)=O)cc1)C1CCCCC1)C(=O)C(=O)NCC(=O)N[C@H](C(=O)OC(C)(C)C)c1ccccc1. The number of nitrogens with one attached hydrogen (secondary N) is 4. The van der Waals surface area contributed by atoms with Gasteiger partial charge in [-0.1, -0.05) is 75.1 Å². The van der Waals surface area contributed by atoms with Crippen LogP contribution in [0.4, 0.5) is 0 Å². The Morgan fingerprint density at radius 3 is 2.16 bits per heavy atom. The normalized spacial score (nSPS) is 17.9. The van der Waals surface area contributed by atoms with Crippen molar-refractivity contribution in [2.24, 2.45) is 11.1 Å². The molecule has 0 aromatic heterocycles. The average Bonchev–Trinajstić information content (AvgIpc) is 3.70. The van der Waals surface area contributed by atoms with Crippen LogP contribution in [0.15, 0.2) is 59.5 Å². The van der Waals surface area contributed by atoms with Gasteiger partial charge in [0.2, 0.25) is 29.4 Å². The highest BCUT2D eigenvalue weighted by atomic mass is 32.2. The standard InChI is InChI=1S/C42H58N6O9S/c1-5-13-31(37(51)39(53)44-26-34(50)47-36(29-16-10-7-11-17-29)41(55)57-42(2,3)4)45-38(52)32-18-12-25-48(32)40(54)35(28-14-8-6-9-15-28)46-33(49)24-21-27-19-22-30(23-20-27)58(43)56/h7,10-11,16-17,19-20,22-23,28,31-32,35-36H,5-6,8-9,12-15,18,21,24-26,43H2,1-4H3,(H,44,53)(H,45,52)(H,46,49)(H,47,50)/t31?,32?,35?,36-,58?/m0/s1. The number of benzene rings is 2. The molecule has 16 heteroatoms. The van der Waals surface area contributed by atoms with Crippen molar-refractivity contribution in [3.05, 3.63) is 65.7 Å². The number of nitrogens with zero attached hydrogens (tertiary/aromatic N) is 1. The molecule has 58 heavy (non-hydrogen) atoms. The minimum Gasteiger partial charge on any atom is -0.458 e. The molecule has 1 aliphatic carbocycles. The molecule has 0 radical (unpaired) electrons. The maximum Gasteiger partial charge on any atom is 0.333 e. The first-order valence-electron chi connectivity index (χ1n) is 20.1. The van der Waals surface area contributed by atoms with Gasteiger partial charge in [0.15, 0.2) is 6.04 Å². The molecule has 2 fully saturated rings. The summed E-state index contributed by atoms with van der Waals surface area (Å²) in [5.41, 5.74) is 0.496. The number of ether oxygens (including phenoxy) is 1. The summed E-state index contributed by atoms with van der Waals surface area (Å²) in [5, 5.41) is 16.0. The number of carbonyl (C=O) groups is 7. The maximum absolute atomic E-state index is 14.2. The maximum atomic E-state index is 14.2. The fourth-order valence-electron chi connectivity index (χ4n) is 7.35. The van der Waals surface area contributed by atoms with Crippen molar-refractivity contribution in [1.29, 1.82) is 0 Å². The lowest BCUT2D eigenvalue weighted by atomic mass is 9.83. The summed E-state index contributed by atoms with van der Waals surface area (Å²) in [6, 6.07) is 11.2. The summed E-state index contributed by atoms with van der Waals surface area (Å²) in [6.45, 7) is 6.56. The minimum absolute atomic E-state index is 0.101. The van der Waals surface area contributed by atoms with Crippen LogP contribution in [0.5, 0.6) is 0 Å². The van der Waals surface area contributed by atoms with Crippen molar-refractivity contribution >= 4 is 52.3 Å². The highest BCUT2D eigenvalue weighted by Gasteiger charge is 2.42. The Labute approximate surface area is 342 Å². The van der Waals surface area contributed by atoms with E-state index in [1.165, 1.54) is 4.90 Å². The molecule has 2 aromatic rings. The minimum atomic E-state index is -1.61. The van der Waals surface area contributed by atoms with Gasteiger partial charge in [-0.2, -0.15) is 0 Å². The molecule has 316 valence electrons. The van der Waals surface area contributed by atoms with E-state index in [1.807, 2.05) is 0 Å². The average molecular weight is 823 g/mol. The van der Waals surface area contributed by atoms with Crippen LogP contribution in [-0.4, -0.2) is 87.2 Å². The zero-order chi connectivity index (χ0) is 42.4. The van der Waals surface area contributed by atoms with Gasteiger partial charge in [0.25, 0.3) is 5.91 Å². The third-order valence-electron chi connectivity index (χ3n) is 10.3. The van der Waals surface area contributed by atoms with Gasteiger partial charge in [-0.3, -0.25) is 28.8 Å². The fourth-order valence-corrected chi connectivity index (χ4v) is 7.76. The number of Topliss-reactive ketones (excluding diaryl/α,β-unsaturated/α-hetero) is 1. The first-order valence-corrected chi connectivity index (χ1v) is 21.3. The Morgan fingerprint density at radius 2 is 1.53 bits per heavy atom. The Kier molecular flexibility index (Phi) is 17.1. The van der Waals surface area contributed by atoms with Gasteiger partial charge in [-0.25, -0.2) is 14.1 Å². The van der Waals surface area contributed by atoms with E-state index in [9.17, 15) is 37.8 Å². The molecule has 15 nitrogen and oxygen atoms in total. The Balaban J connectivity index is 1.37. The molecule has 4 rings (SSSR count). The molecule has 0 spiro atoms. The summed E-state index contributed by atoms with van der Waals surface area (Å²) in [5.74, 6) is -4.82.